The Morgan fingerprint density at radius 2 is 1.71 bits per heavy atom. The number of benzene rings is 1. The first-order chi connectivity index (χ1) is 7.69. The Hall–Kier alpha value is -1.12. The molecule has 1 aromatic carbocycles. The molecule has 0 saturated heterocycles. The number of fused-ring (bicyclic) bond motifs is 1. The van der Waals surface area contributed by atoms with Gasteiger partial charge in [0.2, 0.25) is 0 Å². The summed E-state index contributed by atoms with van der Waals surface area (Å²) < 4.78 is 68.4. The van der Waals surface area contributed by atoms with Crippen LogP contribution >= 0.6 is 11.3 Å². The highest BCUT2D eigenvalue weighted by Crippen LogP contribution is 2.37. The molecule has 0 fully saturated rings. The van der Waals surface area contributed by atoms with Gasteiger partial charge in [0.15, 0.2) is 0 Å². The summed E-state index contributed by atoms with van der Waals surface area (Å²) in [5.41, 5.74) is -1.41. The third-order valence-electron chi connectivity index (χ3n) is 2.03. The highest BCUT2D eigenvalue weighted by atomic mass is 32.2. The van der Waals surface area contributed by atoms with E-state index in [9.17, 15) is 21.6 Å². The molecule has 3 nitrogen and oxygen atoms in total. The van der Waals surface area contributed by atoms with E-state index in [2.05, 4.69) is 10.8 Å². The van der Waals surface area contributed by atoms with Gasteiger partial charge < -0.3 is 0 Å². The third kappa shape index (κ3) is 2.28. The van der Waals surface area contributed by atoms with Crippen LogP contribution in [-0.2, 0) is 16.3 Å². The van der Waals surface area contributed by atoms with E-state index >= 15 is 0 Å². The van der Waals surface area contributed by atoms with Crippen LogP contribution in [0.5, 0.6) is 0 Å². The molecule has 0 spiro atoms. The second-order valence-electron chi connectivity index (χ2n) is 3.17. The summed E-state index contributed by atoms with van der Waals surface area (Å²) in [6.45, 7) is 0. The molecule has 1 aromatic heterocycles. The molecule has 90 valence electrons. The van der Waals surface area contributed by atoms with Crippen LogP contribution in [0.3, 0.4) is 0 Å². The Bertz CT molecular complexity index is 670. The van der Waals surface area contributed by atoms with Gasteiger partial charge in [0, 0.05) is 10.8 Å². The van der Waals surface area contributed by atoms with E-state index in [0.717, 1.165) is 17.4 Å². The quantitative estimate of drug-likeness (QED) is 0.817. The van der Waals surface area contributed by atoms with Crippen LogP contribution < -0.4 is 0 Å². The van der Waals surface area contributed by atoms with Gasteiger partial charge in [-0.3, -0.25) is 4.55 Å². The number of thiophene rings is 1. The van der Waals surface area contributed by atoms with Crippen molar-refractivity contribution in [1.82, 2.24) is 0 Å². The van der Waals surface area contributed by atoms with Crippen LogP contribution in [0.1, 0.15) is 5.56 Å². The molecule has 8 heteroatoms. The van der Waals surface area contributed by atoms with Crippen molar-refractivity contribution in [3.63, 3.8) is 0 Å². The highest BCUT2D eigenvalue weighted by Gasteiger charge is 2.37. The zero-order valence-corrected chi connectivity index (χ0v) is 9.50. The lowest BCUT2D eigenvalue weighted by molar-refractivity contribution is -0.139. The van der Waals surface area contributed by atoms with Crippen molar-refractivity contribution >= 4 is 32.2 Å². The van der Waals surface area contributed by atoms with E-state index in [0.29, 0.717) is 6.07 Å². The van der Waals surface area contributed by atoms with Crippen molar-refractivity contribution in [2.75, 3.05) is 0 Å². The predicted molar refractivity (Wildman–Crippen MR) is 54.3 cm³/mol. The van der Waals surface area contributed by atoms with Crippen LogP contribution in [0.2, 0.25) is 0 Å². The zero-order valence-electron chi connectivity index (χ0n) is 7.87. The fourth-order valence-corrected chi connectivity index (χ4v) is 2.65. The summed E-state index contributed by atoms with van der Waals surface area (Å²) in [5.74, 6) is 0. The Labute approximate surface area is 98.2 Å². The van der Waals surface area contributed by atoms with Crippen molar-refractivity contribution in [3.8, 4) is 0 Å². The van der Waals surface area contributed by atoms with Gasteiger partial charge in [-0.25, -0.2) is 0 Å². The lowest BCUT2D eigenvalue weighted by Crippen LogP contribution is -2.12. The van der Waals surface area contributed by atoms with Gasteiger partial charge in [0.05, 0.1) is 16.3 Å². The fraction of sp³-hybridized carbons (Fsp3) is 0.111. The second kappa shape index (κ2) is 3.69. The number of halogens is 3. The molecular formula is C9H3F3O3S2. The Balaban J connectivity index is 2.87. The van der Waals surface area contributed by atoms with E-state index in [-0.39, 0.29) is 10.8 Å². The molecule has 0 aliphatic rings. The van der Waals surface area contributed by atoms with Crippen molar-refractivity contribution in [2.45, 2.75) is 11.1 Å². The van der Waals surface area contributed by atoms with Crippen LogP contribution in [0.25, 0.3) is 10.8 Å². The minimum atomic E-state index is -4.94. The maximum absolute atomic E-state index is 12.6. The molecule has 0 aliphatic heterocycles. The Kier molecular flexibility index (Phi) is 2.68. The molecule has 0 unspecified atom stereocenters. The van der Waals surface area contributed by atoms with Crippen LogP contribution in [0.4, 0.5) is 13.2 Å². The average Bonchev–Trinajstić information content (AvgIpc) is 2.59. The summed E-state index contributed by atoms with van der Waals surface area (Å²) in [7, 11) is -4.94. The molecule has 0 aliphatic carbocycles. The minimum Gasteiger partial charge on any atom is -0.282 e. The van der Waals surface area contributed by atoms with Crippen molar-refractivity contribution in [2.24, 2.45) is 0 Å². The predicted octanol–water partition coefficient (Wildman–Crippen LogP) is 2.77. The summed E-state index contributed by atoms with van der Waals surface area (Å²) in [4.78, 5) is -1.17. The van der Waals surface area contributed by atoms with Crippen molar-refractivity contribution in [1.29, 1.82) is 0 Å². The lowest BCUT2D eigenvalue weighted by atomic mass is 10.1. The van der Waals surface area contributed by atoms with E-state index in [4.69, 9.17) is 4.55 Å². The molecule has 0 atom stereocenters. The summed E-state index contributed by atoms with van der Waals surface area (Å²) in [6.07, 6.45) is -4.87. The van der Waals surface area contributed by atoms with Gasteiger partial charge in [-0.1, -0.05) is 0 Å². The summed E-state index contributed by atoms with van der Waals surface area (Å²) >= 11 is 0.898. The van der Waals surface area contributed by atoms with Gasteiger partial charge >= 0.3 is 6.18 Å². The molecule has 0 saturated carbocycles. The van der Waals surface area contributed by atoms with Gasteiger partial charge in [-0.15, -0.1) is 11.3 Å². The highest BCUT2D eigenvalue weighted by molar-refractivity contribution is 7.85. The first-order valence-corrected chi connectivity index (χ1v) is 6.36. The molecule has 2 rings (SSSR count). The van der Waals surface area contributed by atoms with Crippen LogP contribution in [0, 0.1) is 10.8 Å². The normalized spacial score (nSPS) is 13.2. The number of rotatable bonds is 1. The smallest absolute Gasteiger partial charge is 0.282 e. The SMILES string of the molecule is O=S(=O)(O)c1cc2[c]s[c]c2cc1C(F)(F)F. The average molecular weight is 280 g/mol. The molecule has 1 heterocycles. The topological polar surface area (TPSA) is 54.4 Å². The summed E-state index contributed by atoms with van der Waals surface area (Å²) in [6, 6.07) is 1.37. The second-order valence-corrected chi connectivity index (χ2v) is 5.18. The molecule has 2 aromatic rings. The molecule has 1 N–H and O–H groups in total. The van der Waals surface area contributed by atoms with Crippen LogP contribution in [-0.4, -0.2) is 13.0 Å². The van der Waals surface area contributed by atoms with E-state index < -0.39 is 26.8 Å². The van der Waals surface area contributed by atoms with E-state index in [1.165, 1.54) is 0 Å². The standard InChI is InChI=1S/C9H3F3O3S2/c10-9(11,12)7-1-5-3-16-4-6(5)2-8(7)17(13,14)15/h1-2H,(H,13,14,15). The van der Waals surface area contributed by atoms with Crippen molar-refractivity contribution < 1.29 is 26.1 Å². The molecular weight excluding hydrogens is 277 g/mol. The maximum atomic E-state index is 12.6. The number of hydrogen-bond donors (Lipinski definition) is 1. The monoisotopic (exact) mass is 280 g/mol. The largest absolute Gasteiger partial charge is 0.417 e. The van der Waals surface area contributed by atoms with Crippen LogP contribution in [0.15, 0.2) is 17.0 Å². The first kappa shape index (κ1) is 12.3. The maximum Gasteiger partial charge on any atom is 0.417 e. The zero-order chi connectivity index (χ0) is 12.8. The first-order valence-electron chi connectivity index (χ1n) is 4.10. The lowest BCUT2D eigenvalue weighted by Gasteiger charge is -2.10. The van der Waals surface area contributed by atoms with Crippen molar-refractivity contribution in [3.05, 3.63) is 28.5 Å². The van der Waals surface area contributed by atoms with Gasteiger partial charge in [0.25, 0.3) is 10.1 Å². The fourth-order valence-electron chi connectivity index (χ4n) is 1.32. The molecule has 0 amide bonds. The number of hydrogen-bond acceptors (Lipinski definition) is 3. The Morgan fingerprint density at radius 1 is 1.18 bits per heavy atom. The number of alkyl halides is 3. The third-order valence-corrected chi connectivity index (χ3v) is 3.56. The molecule has 2 radical (unpaired) electrons. The minimum absolute atomic E-state index is 0.106. The van der Waals surface area contributed by atoms with Gasteiger partial charge in [-0.05, 0) is 12.1 Å². The van der Waals surface area contributed by atoms with E-state index in [1.54, 1.807) is 0 Å². The van der Waals surface area contributed by atoms with Gasteiger partial charge in [-0.2, -0.15) is 21.6 Å². The summed E-state index contributed by atoms with van der Waals surface area (Å²) in [5, 5.41) is 5.34. The molecule has 17 heavy (non-hydrogen) atoms. The molecule has 0 bridgehead atoms. The van der Waals surface area contributed by atoms with E-state index in [1.807, 2.05) is 0 Å². The van der Waals surface area contributed by atoms with Gasteiger partial charge in [0.1, 0.15) is 4.90 Å². The Morgan fingerprint density at radius 3 is 2.18 bits per heavy atom.